The molecule has 2 nitrogen and oxygen atoms in total. The minimum atomic E-state index is 0.108. The van der Waals surface area contributed by atoms with Gasteiger partial charge >= 0.3 is 0 Å². The molecule has 1 fully saturated rings. The molecule has 0 aliphatic heterocycles. The highest BCUT2D eigenvalue weighted by molar-refractivity contribution is 7.11. The highest BCUT2D eigenvalue weighted by Crippen LogP contribution is 2.36. The summed E-state index contributed by atoms with van der Waals surface area (Å²) < 4.78 is 0. The maximum Gasteiger partial charge on any atom is 0.0949 e. The van der Waals surface area contributed by atoms with Gasteiger partial charge in [-0.3, -0.25) is 0 Å². The Hall–Kier alpha value is -0.410. The van der Waals surface area contributed by atoms with E-state index in [1.165, 1.54) is 28.4 Å². The van der Waals surface area contributed by atoms with E-state index < -0.39 is 0 Å². The van der Waals surface area contributed by atoms with Gasteiger partial charge in [0.25, 0.3) is 0 Å². The number of hydrogen-bond acceptors (Lipinski definition) is 3. The third kappa shape index (κ3) is 1.52. The van der Waals surface area contributed by atoms with Crippen molar-refractivity contribution in [3.63, 3.8) is 0 Å². The fraction of sp³-hybridized carbons (Fsp3) is 0.667. The molecule has 1 aliphatic carbocycles. The maximum atomic E-state index is 6.00. The van der Waals surface area contributed by atoms with Crippen LogP contribution in [0.25, 0.3) is 0 Å². The molecule has 0 bridgehead atoms. The summed E-state index contributed by atoms with van der Waals surface area (Å²) in [5.74, 6) is 0. The van der Waals surface area contributed by atoms with Crippen molar-refractivity contribution in [2.45, 2.75) is 38.6 Å². The first-order valence-electron chi connectivity index (χ1n) is 4.31. The summed E-state index contributed by atoms with van der Waals surface area (Å²) >= 11 is 1.79. The Bertz CT molecular complexity index is 280. The van der Waals surface area contributed by atoms with Gasteiger partial charge in [0.2, 0.25) is 0 Å². The number of hydrogen-bond donors (Lipinski definition) is 1. The summed E-state index contributed by atoms with van der Waals surface area (Å²) in [6.07, 6.45) is 3.32. The molecular formula is C9H14N2S. The van der Waals surface area contributed by atoms with Crippen molar-refractivity contribution >= 4 is 11.3 Å². The number of aromatic nitrogens is 1. The molecule has 2 N–H and O–H groups in total. The average Bonchev–Trinajstić information content (AvgIpc) is 2.59. The molecule has 0 amide bonds. The van der Waals surface area contributed by atoms with E-state index in [4.69, 9.17) is 5.73 Å². The molecule has 12 heavy (non-hydrogen) atoms. The molecule has 1 aromatic rings. The van der Waals surface area contributed by atoms with Crippen LogP contribution in [0.15, 0.2) is 0 Å². The van der Waals surface area contributed by atoms with Crippen molar-refractivity contribution < 1.29 is 0 Å². The standard InChI is InChI=1S/C9H14N2S/c1-6-7(2)12-8(11-6)5-9(10)3-4-9/h3-5,10H2,1-2H3. The van der Waals surface area contributed by atoms with E-state index >= 15 is 0 Å². The highest BCUT2D eigenvalue weighted by atomic mass is 32.1. The topological polar surface area (TPSA) is 38.9 Å². The number of aryl methyl sites for hydroxylation is 2. The summed E-state index contributed by atoms with van der Waals surface area (Å²) in [6.45, 7) is 4.18. The zero-order chi connectivity index (χ0) is 8.77. The summed E-state index contributed by atoms with van der Waals surface area (Å²) in [5, 5.41) is 1.21. The minimum absolute atomic E-state index is 0.108. The molecule has 2 rings (SSSR count). The molecule has 0 aromatic carbocycles. The van der Waals surface area contributed by atoms with E-state index in [0.29, 0.717) is 0 Å². The molecule has 0 atom stereocenters. The van der Waals surface area contributed by atoms with Crippen LogP contribution in [0.2, 0.25) is 0 Å². The lowest BCUT2D eigenvalue weighted by molar-refractivity contribution is 0.668. The Morgan fingerprint density at radius 2 is 2.17 bits per heavy atom. The van der Waals surface area contributed by atoms with Crippen molar-refractivity contribution in [3.8, 4) is 0 Å². The minimum Gasteiger partial charge on any atom is -0.325 e. The second kappa shape index (κ2) is 2.54. The van der Waals surface area contributed by atoms with E-state index in [1.54, 1.807) is 11.3 Å². The van der Waals surface area contributed by atoms with Gasteiger partial charge in [-0.15, -0.1) is 11.3 Å². The zero-order valence-electron chi connectivity index (χ0n) is 7.55. The van der Waals surface area contributed by atoms with Gasteiger partial charge < -0.3 is 5.73 Å². The fourth-order valence-corrected chi connectivity index (χ4v) is 2.34. The molecule has 1 heterocycles. The van der Waals surface area contributed by atoms with Gasteiger partial charge in [-0.1, -0.05) is 0 Å². The van der Waals surface area contributed by atoms with Gasteiger partial charge in [0.05, 0.1) is 10.7 Å². The quantitative estimate of drug-likeness (QED) is 0.757. The van der Waals surface area contributed by atoms with Gasteiger partial charge in [-0.25, -0.2) is 4.98 Å². The van der Waals surface area contributed by atoms with Crippen LogP contribution in [-0.2, 0) is 6.42 Å². The Morgan fingerprint density at radius 1 is 1.50 bits per heavy atom. The second-order valence-corrected chi connectivity index (χ2v) is 5.08. The van der Waals surface area contributed by atoms with Gasteiger partial charge in [0.15, 0.2) is 0 Å². The van der Waals surface area contributed by atoms with Crippen LogP contribution in [-0.4, -0.2) is 10.5 Å². The smallest absolute Gasteiger partial charge is 0.0949 e. The largest absolute Gasteiger partial charge is 0.325 e. The van der Waals surface area contributed by atoms with E-state index in [1.807, 2.05) is 0 Å². The molecule has 1 aromatic heterocycles. The van der Waals surface area contributed by atoms with Crippen LogP contribution in [0.1, 0.15) is 28.4 Å². The van der Waals surface area contributed by atoms with E-state index in [-0.39, 0.29) is 5.54 Å². The van der Waals surface area contributed by atoms with Gasteiger partial charge in [-0.2, -0.15) is 0 Å². The Labute approximate surface area is 76.8 Å². The van der Waals surface area contributed by atoms with Crippen LogP contribution in [0.5, 0.6) is 0 Å². The second-order valence-electron chi connectivity index (χ2n) is 3.79. The molecule has 1 saturated carbocycles. The predicted molar refractivity (Wildman–Crippen MR) is 51.4 cm³/mol. The summed E-state index contributed by atoms with van der Waals surface area (Å²) in [4.78, 5) is 5.80. The van der Waals surface area contributed by atoms with Crippen LogP contribution in [0, 0.1) is 13.8 Å². The van der Waals surface area contributed by atoms with Crippen molar-refractivity contribution in [1.82, 2.24) is 4.98 Å². The maximum absolute atomic E-state index is 6.00. The van der Waals surface area contributed by atoms with E-state index in [0.717, 1.165) is 6.42 Å². The van der Waals surface area contributed by atoms with Crippen LogP contribution in [0.3, 0.4) is 0 Å². The number of rotatable bonds is 2. The normalized spacial score (nSPS) is 19.6. The number of nitrogens with two attached hydrogens (primary N) is 1. The van der Waals surface area contributed by atoms with Crippen molar-refractivity contribution in [3.05, 3.63) is 15.6 Å². The van der Waals surface area contributed by atoms with Crippen molar-refractivity contribution in [2.24, 2.45) is 5.73 Å². The first-order valence-corrected chi connectivity index (χ1v) is 5.12. The first kappa shape index (κ1) is 8.20. The zero-order valence-corrected chi connectivity index (χ0v) is 8.37. The van der Waals surface area contributed by atoms with E-state index in [9.17, 15) is 0 Å². The Kier molecular flexibility index (Phi) is 1.73. The van der Waals surface area contributed by atoms with Gasteiger partial charge in [-0.05, 0) is 26.7 Å². The van der Waals surface area contributed by atoms with Crippen LogP contribution in [0.4, 0.5) is 0 Å². The average molecular weight is 182 g/mol. The third-order valence-corrected chi connectivity index (χ3v) is 3.54. The lowest BCUT2D eigenvalue weighted by atomic mass is 10.2. The van der Waals surface area contributed by atoms with Gasteiger partial charge in [0, 0.05) is 16.8 Å². The summed E-state index contributed by atoms with van der Waals surface area (Å²) in [5.41, 5.74) is 7.28. The lowest BCUT2D eigenvalue weighted by Gasteiger charge is -2.03. The highest BCUT2D eigenvalue weighted by Gasteiger charge is 2.38. The third-order valence-electron chi connectivity index (χ3n) is 2.47. The molecular weight excluding hydrogens is 168 g/mol. The molecule has 3 heteroatoms. The first-order chi connectivity index (χ1) is 5.59. The van der Waals surface area contributed by atoms with E-state index in [2.05, 4.69) is 18.8 Å². The summed E-state index contributed by atoms with van der Waals surface area (Å²) in [6, 6.07) is 0. The molecule has 66 valence electrons. The molecule has 0 spiro atoms. The van der Waals surface area contributed by atoms with Crippen LogP contribution < -0.4 is 5.73 Å². The Morgan fingerprint density at radius 3 is 2.58 bits per heavy atom. The van der Waals surface area contributed by atoms with Crippen molar-refractivity contribution in [2.75, 3.05) is 0 Å². The molecule has 0 saturated heterocycles. The molecule has 0 unspecified atom stereocenters. The predicted octanol–water partition coefficient (Wildman–Crippen LogP) is 1.79. The number of nitrogens with zero attached hydrogens (tertiary/aromatic N) is 1. The SMILES string of the molecule is Cc1nc(CC2(N)CC2)sc1C. The van der Waals surface area contributed by atoms with Crippen LogP contribution >= 0.6 is 11.3 Å². The monoisotopic (exact) mass is 182 g/mol. The Balaban J connectivity index is 2.13. The van der Waals surface area contributed by atoms with Gasteiger partial charge in [0.1, 0.15) is 0 Å². The molecule has 0 radical (unpaired) electrons. The van der Waals surface area contributed by atoms with Crippen molar-refractivity contribution in [1.29, 1.82) is 0 Å². The lowest BCUT2D eigenvalue weighted by Crippen LogP contribution is -2.24. The fourth-order valence-electron chi connectivity index (χ4n) is 1.25. The summed E-state index contributed by atoms with van der Waals surface area (Å²) in [7, 11) is 0. The number of thiazole rings is 1. The molecule has 1 aliphatic rings.